The van der Waals surface area contributed by atoms with Crippen LogP contribution in [0.2, 0.25) is 0 Å². The highest BCUT2D eigenvalue weighted by molar-refractivity contribution is 7.22. The molecule has 4 heterocycles. The smallest absolute Gasteiger partial charge is 0.319 e. The largest absolute Gasteiger partial charge is 0.453 e. The molecule has 53 heavy (non-hydrogen) atoms. The molecule has 1 aromatic carbocycles. The Kier molecular flexibility index (Phi) is 13.9. The Balaban J connectivity index is 0.950. The summed E-state index contributed by atoms with van der Waals surface area (Å²) in [4.78, 5) is 39.5. The number of likely N-dealkylation sites (N-methyl/N-ethyl adjacent to an activating group) is 1. The number of carbonyl (C=O) groups excluding carboxylic acids is 2. The third kappa shape index (κ3) is 11.1. The quantitative estimate of drug-likeness (QED) is 0.113. The first-order valence-electron chi connectivity index (χ1n) is 18.0. The van der Waals surface area contributed by atoms with Crippen molar-refractivity contribution < 1.29 is 37.7 Å². The number of benzene rings is 1. The van der Waals surface area contributed by atoms with E-state index in [0.29, 0.717) is 93.6 Å². The van der Waals surface area contributed by atoms with Crippen LogP contribution < -0.4 is 15.4 Å². The number of rotatable bonds is 19. The molecule has 13 nitrogen and oxygen atoms in total. The number of nitrogens with one attached hydrogen (secondary N) is 2. The summed E-state index contributed by atoms with van der Waals surface area (Å²) in [6.45, 7) is 6.10. The van der Waals surface area contributed by atoms with Crippen LogP contribution in [0.3, 0.4) is 0 Å². The number of thiophene rings is 1. The van der Waals surface area contributed by atoms with Crippen molar-refractivity contribution in [3.8, 4) is 22.1 Å². The fourth-order valence-corrected chi connectivity index (χ4v) is 6.96. The van der Waals surface area contributed by atoms with Crippen molar-refractivity contribution >= 4 is 39.2 Å². The number of likely N-dealkylation sites (tertiary alicyclic amines) is 1. The number of hydrogen-bond acceptors (Lipinski definition) is 11. The zero-order valence-electron chi connectivity index (χ0n) is 30.2. The second-order valence-electron chi connectivity index (χ2n) is 13.0. The average Bonchev–Trinajstić information content (AvgIpc) is 3.87. The molecule has 1 aliphatic heterocycles. The minimum atomic E-state index is -0.603. The molecule has 0 bridgehead atoms. The number of hydrogen-bond donors (Lipinski definition) is 2. The lowest BCUT2D eigenvalue weighted by Gasteiger charge is -2.36. The minimum Gasteiger partial charge on any atom is -0.453 e. The van der Waals surface area contributed by atoms with Crippen LogP contribution in [0.5, 0.6) is 11.5 Å². The van der Waals surface area contributed by atoms with E-state index in [9.17, 15) is 14.0 Å². The van der Waals surface area contributed by atoms with Gasteiger partial charge in [-0.2, -0.15) is 0 Å². The molecule has 0 atom stereocenters. The van der Waals surface area contributed by atoms with Crippen LogP contribution in [-0.2, 0) is 18.9 Å². The molecular formula is C38H47FN6O7S. The molecule has 1 saturated carbocycles. The molecule has 3 amide bonds. The first kappa shape index (κ1) is 38.5. The lowest BCUT2D eigenvalue weighted by atomic mass is 10.0. The van der Waals surface area contributed by atoms with E-state index in [1.807, 2.05) is 23.1 Å². The molecule has 2 N–H and O–H groups in total. The predicted molar refractivity (Wildman–Crippen MR) is 200 cm³/mol. The van der Waals surface area contributed by atoms with Gasteiger partial charge in [0.2, 0.25) is 0 Å². The summed E-state index contributed by atoms with van der Waals surface area (Å²) < 4.78 is 43.3. The molecule has 2 aliphatic rings. The molecule has 284 valence electrons. The summed E-state index contributed by atoms with van der Waals surface area (Å²) in [5.41, 5.74) is 2.26. The van der Waals surface area contributed by atoms with Crippen molar-refractivity contribution in [2.45, 2.75) is 37.8 Å². The van der Waals surface area contributed by atoms with Crippen LogP contribution in [0.4, 0.5) is 14.9 Å². The highest BCUT2D eigenvalue weighted by Gasteiger charge is 2.26. The second kappa shape index (κ2) is 19.2. The van der Waals surface area contributed by atoms with E-state index in [0.717, 1.165) is 41.8 Å². The van der Waals surface area contributed by atoms with Crippen LogP contribution in [0.15, 0.2) is 54.9 Å². The zero-order chi connectivity index (χ0) is 37.0. The first-order chi connectivity index (χ1) is 25.9. The van der Waals surface area contributed by atoms with E-state index in [1.54, 1.807) is 31.6 Å². The fourth-order valence-electron chi connectivity index (χ4n) is 5.92. The van der Waals surface area contributed by atoms with Gasteiger partial charge < -0.3 is 44.1 Å². The zero-order valence-corrected chi connectivity index (χ0v) is 31.0. The number of carbonyl (C=O) groups is 2. The van der Waals surface area contributed by atoms with Crippen LogP contribution in [0.25, 0.3) is 20.8 Å². The van der Waals surface area contributed by atoms with Gasteiger partial charge in [0.25, 0.3) is 5.91 Å². The normalized spacial score (nSPS) is 14.9. The number of fused-ring (bicyclic) bond motifs is 1. The number of ether oxygens (including phenoxy) is 5. The topological polar surface area (TPSA) is 137 Å². The van der Waals surface area contributed by atoms with E-state index in [-0.39, 0.29) is 23.7 Å². The van der Waals surface area contributed by atoms with Crippen molar-refractivity contribution in [1.29, 1.82) is 0 Å². The number of aromatic nitrogens is 2. The van der Waals surface area contributed by atoms with Gasteiger partial charge in [-0.05, 0) is 63.1 Å². The molecule has 6 rings (SSSR count). The molecule has 3 aromatic heterocycles. The number of methoxy groups -OCH3 is 1. The number of halogens is 1. The molecule has 1 saturated heterocycles. The third-order valence-corrected chi connectivity index (χ3v) is 10.3. The molecule has 15 heteroatoms. The third-order valence-electron chi connectivity index (χ3n) is 9.10. The summed E-state index contributed by atoms with van der Waals surface area (Å²) in [7, 11) is 3.75. The number of pyridine rings is 2. The summed E-state index contributed by atoms with van der Waals surface area (Å²) in [6, 6.07) is 11.8. The van der Waals surface area contributed by atoms with Crippen molar-refractivity contribution in [2.24, 2.45) is 0 Å². The van der Waals surface area contributed by atoms with Gasteiger partial charge >= 0.3 is 6.03 Å². The lowest BCUT2D eigenvalue weighted by Crippen LogP contribution is -2.46. The van der Waals surface area contributed by atoms with Crippen molar-refractivity contribution in [3.05, 3.63) is 66.2 Å². The van der Waals surface area contributed by atoms with Crippen molar-refractivity contribution in [3.63, 3.8) is 0 Å². The van der Waals surface area contributed by atoms with Crippen LogP contribution in [0.1, 0.15) is 36.0 Å². The Morgan fingerprint density at radius 3 is 2.32 bits per heavy atom. The number of urea groups is 1. The molecular weight excluding hydrogens is 704 g/mol. The van der Waals surface area contributed by atoms with E-state index in [4.69, 9.17) is 23.7 Å². The van der Waals surface area contributed by atoms with Gasteiger partial charge in [0.15, 0.2) is 11.6 Å². The summed E-state index contributed by atoms with van der Waals surface area (Å²) in [5, 5.41) is 5.46. The Hall–Kier alpha value is -4.25. The van der Waals surface area contributed by atoms with E-state index >= 15 is 0 Å². The van der Waals surface area contributed by atoms with Gasteiger partial charge in [-0.15, -0.1) is 11.3 Å². The summed E-state index contributed by atoms with van der Waals surface area (Å²) in [5.74, 6) is -0.154. The number of piperidine rings is 1. The van der Waals surface area contributed by atoms with Crippen molar-refractivity contribution in [2.75, 3.05) is 85.4 Å². The highest BCUT2D eigenvalue weighted by atomic mass is 32.1. The molecule has 2 fully saturated rings. The Bertz CT molecular complexity index is 1800. The van der Waals surface area contributed by atoms with E-state index < -0.39 is 5.82 Å². The fraction of sp³-hybridized carbons (Fsp3) is 0.474. The van der Waals surface area contributed by atoms with Crippen LogP contribution in [0, 0.1) is 5.82 Å². The highest BCUT2D eigenvalue weighted by Crippen LogP contribution is 2.39. The average molecular weight is 751 g/mol. The monoisotopic (exact) mass is 750 g/mol. The van der Waals surface area contributed by atoms with Crippen LogP contribution in [-0.4, -0.2) is 124 Å². The number of nitrogens with zero attached hydrogens (tertiary/aromatic N) is 4. The maximum absolute atomic E-state index is 15.0. The minimum absolute atomic E-state index is 0.0277. The van der Waals surface area contributed by atoms with Gasteiger partial charge in [-0.1, -0.05) is 0 Å². The molecule has 0 spiro atoms. The Morgan fingerprint density at radius 1 is 0.906 bits per heavy atom. The van der Waals surface area contributed by atoms with Crippen LogP contribution >= 0.6 is 11.3 Å². The maximum Gasteiger partial charge on any atom is 0.319 e. The Labute approximate surface area is 312 Å². The van der Waals surface area contributed by atoms with Crippen molar-refractivity contribution in [1.82, 2.24) is 25.1 Å². The first-order valence-corrected chi connectivity index (χ1v) is 18.8. The number of amides is 3. The summed E-state index contributed by atoms with van der Waals surface area (Å²) >= 11 is 1.42. The van der Waals surface area contributed by atoms with Gasteiger partial charge in [0.1, 0.15) is 5.75 Å². The van der Waals surface area contributed by atoms with Gasteiger partial charge in [0.05, 0.1) is 72.6 Å². The predicted octanol–water partition coefficient (Wildman–Crippen LogP) is 5.81. The van der Waals surface area contributed by atoms with E-state index in [2.05, 4.69) is 32.5 Å². The van der Waals surface area contributed by atoms with E-state index in [1.165, 1.54) is 23.5 Å². The van der Waals surface area contributed by atoms with Gasteiger partial charge in [0, 0.05) is 69.0 Å². The molecule has 0 unspecified atom stereocenters. The SMILES string of the molecule is COCCOCCOCCOCCN(C)C1CCN(C(=O)c2ccc(-c3cc4nccc(Oc5ccc(NC(=O)NC6CC6)cc5F)c4s3)nc2)CC1. The summed E-state index contributed by atoms with van der Waals surface area (Å²) in [6.07, 6.45) is 6.93. The second-order valence-corrected chi connectivity index (χ2v) is 14.1. The van der Waals surface area contributed by atoms with Gasteiger partial charge in [-0.25, -0.2) is 9.18 Å². The Morgan fingerprint density at radius 2 is 1.64 bits per heavy atom. The number of anilines is 1. The lowest BCUT2D eigenvalue weighted by molar-refractivity contribution is -0.000436. The molecule has 0 radical (unpaired) electrons. The maximum atomic E-state index is 15.0. The molecule has 1 aliphatic carbocycles. The molecule has 4 aromatic rings. The standard InChI is InChI=1S/C38H47FN6O7S/c1-44(15-16-49-19-20-51-22-21-50-18-17-48-2)29-10-13-45(14-11-29)37(46)26-3-7-31(41-25-26)35-24-32-36(53-35)34(9-12-40-32)52-33-8-6-28(23-30(33)39)43-38(47)42-27-4-5-27/h3,6-9,12,23-25,27,29H,4-5,10-11,13-22H2,1-2H3,(H2,42,43,47). The van der Waals surface area contributed by atoms with Gasteiger partial charge in [-0.3, -0.25) is 14.8 Å².